The summed E-state index contributed by atoms with van der Waals surface area (Å²) in [6, 6.07) is 20.3. The van der Waals surface area contributed by atoms with Crippen LogP contribution in [0.25, 0.3) is 10.9 Å². The van der Waals surface area contributed by atoms with Gasteiger partial charge in [-0.3, -0.25) is 0 Å². The maximum absolute atomic E-state index is 5.99. The van der Waals surface area contributed by atoms with E-state index in [4.69, 9.17) is 11.6 Å². The smallest absolute Gasteiger partial charge is 0.141 e. The summed E-state index contributed by atoms with van der Waals surface area (Å²) in [6.07, 6.45) is 3.16. The first-order valence-electron chi connectivity index (χ1n) is 7.64. The normalized spacial score (nSPS) is 10.8. The number of benzene rings is 2. The molecule has 0 bridgehead atoms. The van der Waals surface area contributed by atoms with E-state index in [2.05, 4.69) is 44.5 Å². The molecule has 0 amide bonds. The SMILES string of the molecule is Clc1cc2c(Nc3ccc(Sc4ccccc4)cc3)ncnc2cn1. The van der Waals surface area contributed by atoms with Crippen LogP contribution in [0.1, 0.15) is 0 Å². The van der Waals surface area contributed by atoms with Crippen molar-refractivity contribution in [2.24, 2.45) is 0 Å². The summed E-state index contributed by atoms with van der Waals surface area (Å²) in [7, 11) is 0. The van der Waals surface area contributed by atoms with Crippen LogP contribution in [0.4, 0.5) is 11.5 Å². The van der Waals surface area contributed by atoms with Crippen LogP contribution in [0.15, 0.2) is 83.0 Å². The topological polar surface area (TPSA) is 50.7 Å². The van der Waals surface area contributed by atoms with E-state index in [1.807, 2.05) is 30.3 Å². The second-order valence-electron chi connectivity index (χ2n) is 5.31. The van der Waals surface area contributed by atoms with E-state index in [-0.39, 0.29) is 0 Å². The van der Waals surface area contributed by atoms with Crippen molar-refractivity contribution in [1.29, 1.82) is 0 Å². The van der Waals surface area contributed by atoms with E-state index >= 15 is 0 Å². The van der Waals surface area contributed by atoms with Crippen molar-refractivity contribution in [1.82, 2.24) is 15.0 Å². The molecule has 0 radical (unpaired) electrons. The molecule has 0 fully saturated rings. The Labute approximate surface area is 154 Å². The van der Waals surface area contributed by atoms with E-state index in [9.17, 15) is 0 Å². The zero-order valence-electron chi connectivity index (χ0n) is 13.1. The number of nitrogens with zero attached hydrogens (tertiary/aromatic N) is 3. The highest BCUT2D eigenvalue weighted by molar-refractivity contribution is 7.99. The molecule has 122 valence electrons. The van der Waals surface area contributed by atoms with Gasteiger partial charge in [0.25, 0.3) is 0 Å². The minimum atomic E-state index is 0.417. The number of pyridine rings is 1. The number of hydrogen-bond acceptors (Lipinski definition) is 5. The van der Waals surface area contributed by atoms with Gasteiger partial charge in [0.2, 0.25) is 0 Å². The van der Waals surface area contributed by atoms with Crippen molar-refractivity contribution in [3.63, 3.8) is 0 Å². The Morgan fingerprint density at radius 3 is 2.40 bits per heavy atom. The molecule has 4 rings (SSSR count). The van der Waals surface area contributed by atoms with Gasteiger partial charge in [-0.2, -0.15) is 0 Å². The monoisotopic (exact) mass is 364 g/mol. The van der Waals surface area contributed by atoms with Crippen LogP contribution < -0.4 is 5.32 Å². The molecule has 0 aliphatic carbocycles. The zero-order valence-corrected chi connectivity index (χ0v) is 14.6. The third-order valence-electron chi connectivity index (χ3n) is 3.58. The molecule has 6 heteroatoms. The lowest BCUT2D eigenvalue weighted by atomic mass is 10.2. The molecule has 2 aromatic heterocycles. The fourth-order valence-corrected chi connectivity index (χ4v) is 3.40. The molecule has 4 aromatic rings. The average molecular weight is 365 g/mol. The van der Waals surface area contributed by atoms with Crippen LogP contribution in [0.3, 0.4) is 0 Å². The Hall–Kier alpha value is -2.63. The number of fused-ring (bicyclic) bond motifs is 1. The van der Waals surface area contributed by atoms with Gasteiger partial charge in [0.05, 0.1) is 11.7 Å². The summed E-state index contributed by atoms with van der Waals surface area (Å²) in [5.41, 5.74) is 1.70. The Kier molecular flexibility index (Phi) is 4.50. The van der Waals surface area contributed by atoms with Gasteiger partial charge >= 0.3 is 0 Å². The van der Waals surface area contributed by atoms with E-state index in [0.717, 1.165) is 16.6 Å². The van der Waals surface area contributed by atoms with Crippen LogP contribution in [-0.4, -0.2) is 15.0 Å². The van der Waals surface area contributed by atoms with E-state index < -0.39 is 0 Å². The molecule has 2 heterocycles. The highest BCUT2D eigenvalue weighted by Crippen LogP contribution is 2.29. The predicted molar refractivity (Wildman–Crippen MR) is 103 cm³/mol. The maximum Gasteiger partial charge on any atom is 0.141 e. The highest BCUT2D eigenvalue weighted by Gasteiger charge is 2.06. The average Bonchev–Trinajstić information content (AvgIpc) is 2.65. The van der Waals surface area contributed by atoms with Gasteiger partial charge in [-0.15, -0.1) is 0 Å². The molecule has 0 unspecified atom stereocenters. The quantitative estimate of drug-likeness (QED) is 0.479. The maximum atomic E-state index is 5.99. The fraction of sp³-hybridized carbons (Fsp3) is 0. The molecule has 0 aliphatic rings. The van der Waals surface area contributed by atoms with Gasteiger partial charge in [-0.25, -0.2) is 15.0 Å². The van der Waals surface area contributed by atoms with Crippen LogP contribution in [0.2, 0.25) is 5.15 Å². The van der Waals surface area contributed by atoms with Crippen molar-refractivity contribution in [3.8, 4) is 0 Å². The highest BCUT2D eigenvalue weighted by atomic mass is 35.5. The lowest BCUT2D eigenvalue weighted by Gasteiger charge is -2.09. The largest absolute Gasteiger partial charge is 0.340 e. The van der Waals surface area contributed by atoms with Crippen LogP contribution in [0, 0.1) is 0 Å². The van der Waals surface area contributed by atoms with E-state index in [1.54, 1.807) is 24.0 Å². The number of rotatable bonds is 4. The molecule has 0 atom stereocenters. The third kappa shape index (κ3) is 3.73. The summed E-state index contributed by atoms with van der Waals surface area (Å²) < 4.78 is 0. The molecule has 25 heavy (non-hydrogen) atoms. The molecule has 4 nitrogen and oxygen atoms in total. The zero-order chi connectivity index (χ0) is 17.1. The van der Waals surface area contributed by atoms with Crippen molar-refractivity contribution in [3.05, 3.63) is 78.3 Å². The molecule has 0 aliphatic heterocycles. The third-order valence-corrected chi connectivity index (χ3v) is 4.81. The van der Waals surface area contributed by atoms with Crippen molar-refractivity contribution >= 4 is 45.8 Å². The lowest BCUT2D eigenvalue weighted by Crippen LogP contribution is -1.96. The second kappa shape index (κ2) is 7.09. The Bertz CT molecular complexity index is 1010. The molecule has 1 N–H and O–H groups in total. The second-order valence-corrected chi connectivity index (χ2v) is 6.85. The van der Waals surface area contributed by atoms with Crippen LogP contribution in [0.5, 0.6) is 0 Å². The van der Waals surface area contributed by atoms with Crippen molar-refractivity contribution < 1.29 is 0 Å². The standard InChI is InChI=1S/C19H13ClN4S/c20-18-10-16-17(11-21-18)22-12-23-19(16)24-13-6-8-15(9-7-13)25-14-4-2-1-3-5-14/h1-12H,(H,22,23,24). The minimum absolute atomic E-state index is 0.417. The van der Waals surface area contributed by atoms with Gasteiger partial charge in [0.1, 0.15) is 17.3 Å². The van der Waals surface area contributed by atoms with Crippen molar-refractivity contribution in [2.75, 3.05) is 5.32 Å². The van der Waals surface area contributed by atoms with Gasteiger partial charge in [0.15, 0.2) is 0 Å². The van der Waals surface area contributed by atoms with Gasteiger partial charge in [-0.1, -0.05) is 41.6 Å². The van der Waals surface area contributed by atoms with E-state index in [0.29, 0.717) is 11.0 Å². The summed E-state index contributed by atoms with van der Waals surface area (Å²) in [5, 5.41) is 4.57. The number of anilines is 2. The number of nitrogens with one attached hydrogen (secondary N) is 1. The Morgan fingerprint density at radius 1 is 0.840 bits per heavy atom. The molecule has 2 aromatic carbocycles. The molecule has 0 saturated carbocycles. The first-order valence-corrected chi connectivity index (χ1v) is 8.84. The van der Waals surface area contributed by atoms with Crippen LogP contribution >= 0.6 is 23.4 Å². The summed E-state index contributed by atoms with van der Waals surface area (Å²) >= 11 is 7.72. The molecular formula is C19H13ClN4S. The Balaban J connectivity index is 1.56. The van der Waals surface area contributed by atoms with Gasteiger partial charge in [0, 0.05) is 20.9 Å². The Morgan fingerprint density at radius 2 is 1.60 bits per heavy atom. The van der Waals surface area contributed by atoms with Crippen LogP contribution in [-0.2, 0) is 0 Å². The molecule has 0 spiro atoms. The number of halogens is 1. The first kappa shape index (κ1) is 15.9. The van der Waals surface area contributed by atoms with E-state index in [1.165, 1.54) is 16.1 Å². The predicted octanol–water partition coefficient (Wildman–Crippen LogP) is 5.57. The van der Waals surface area contributed by atoms with Crippen molar-refractivity contribution in [2.45, 2.75) is 9.79 Å². The molecule has 0 saturated heterocycles. The lowest BCUT2D eigenvalue weighted by molar-refractivity contribution is 1.20. The summed E-state index contributed by atoms with van der Waals surface area (Å²) in [6.45, 7) is 0. The number of aromatic nitrogens is 3. The first-order chi connectivity index (χ1) is 12.3. The fourth-order valence-electron chi connectivity index (χ4n) is 2.40. The summed E-state index contributed by atoms with van der Waals surface area (Å²) in [4.78, 5) is 15.0. The molecular weight excluding hydrogens is 352 g/mol. The van der Waals surface area contributed by atoms with Gasteiger partial charge < -0.3 is 5.32 Å². The van der Waals surface area contributed by atoms with Gasteiger partial charge in [-0.05, 0) is 42.5 Å². The number of hydrogen-bond donors (Lipinski definition) is 1. The minimum Gasteiger partial charge on any atom is -0.340 e. The summed E-state index contributed by atoms with van der Waals surface area (Å²) in [5.74, 6) is 0.706.